The summed E-state index contributed by atoms with van der Waals surface area (Å²) in [6, 6.07) is 8.53. The van der Waals surface area contributed by atoms with Crippen molar-refractivity contribution in [2.45, 2.75) is 43.9 Å². The molecule has 2 atom stereocenters. The zero-order chi connectivity index (χ0) is 29.4. The van der Waals surface area contributed by atoms with Crippen molar-refractivity contribution < 1.29 is 42.3 Å². The summed E-state index contributed by atoms with van der Waals surface area (Å²) < 4.78 is 39.8. The minimum Gasteiger partial charge on any atom is -0.368 e. The monoisotopic (exact) mass is 680 g/mol. The zero-order valence-corrected chi connectivity index (χ0v) is 23.7. The maximum absolute atomic E-state index is 13.9. The van der Waals surface area contributed by atoms with Gasteiger partial charge in [0, 0.05) is 34.6 Å². The van der Waals surface area contributed by atoms with Crippen molar-refractivity contribution in [2.24, 2.45) is 5.73 Å². The highest BCUT2D eigenvalue weighted by Gasteiger charge is 2.50. The Kier molecular flexibility index (Phi) is 11.5. The Balaban J connectivity index is 2.01. The Morgan fingerprint density at radius 2 is 1.69 bits per heavy atom. The molecule has 212 valence electrons. The standard InChI is InChI=1S/C24H28F2IN4O7P/c1-14(32)30-20(12-15-7-9-17(10-8-15)24(25,26)39(36,37)38)23(35)31-19(21(28)33)6-3-11-29-22(34)16-4-2-5-18(27)13-16/h2,4-5,7-10,13,19-20H,3,6,11-12H2,1H3,(H2,28,33)(H,29,34)(H,30,32)(H,31,35)(H2,36,37,38)/t19-,20-/m0/s1. The minimum atomic E-state index is -5.75. The van der Waals surface area contributed by atoms with Crippen molar-refractivity contribution in [3.63, 3.8) is 0 Å². The van der Waals surface area contributed by atoms with Gasteiger partial charge in [0.25, 0.3) is 5.91 Å². The maximum Gasteiger partial charge on any atom is 0.399 e. The number of amides is 4. The van der Waals surface area contributed by atoms with Crippen molar-refractivity contribution in [3.05, 3.63) is 68.8 Å². The van der Waals surface area contributed by atoms with Crippen molar-refractivity contribution in [3.8, 4) is 0 Å². The van der Waals surface area contributed by atoms with E-state index < -0.39 is 48.6 Å². The van der Waals surface area contributed by atoms with Gasteiger partial charge in [0.2, 0.25) is 17.7 Å². The highest BCUT2D eigenvalue weighted by Crippen LogP contribution is 2.59. The van der Waals surface area contributed by atoms with E-state index in [0.29, 0.717) is 17.5 Å². The van der Waals surface area contributed by atoms with Gasteiger partial charge in [0.15, 0.2) is 0 Å². The Morgan fingerprint density at radius 3 is 2.23 bits per heavy atom. The van der Waals surface area contributed by atoms with Gasteiger partial charge in [-0.15, -0.1) is 0 Å². The number of halogens is 3. The first-order valence-electron chi connectivity index (χ1n) is 11.5. The van der Waals surface area contributed by atoms with Crippen LogP contribution in [0.25, 0.3) is 0 Å². The maximum atomic E-state index is 13.9. The van der Waals surface area contributed by atoms with Crippen LogP contribution in [0.15, 0.2) is 48.5 Å². The number of carbonyl (C=O) groups excluding carboxylic acids is 4. The van der Waals surface area contributed by atoms with E-state index in [-0.39, 0.29) is 25.3 Å². The molecule has 0 spiro atoms. The summed E-state index contributed by atoms with van der Waals surface area (Å²) in [6.45, 7) is 1.36. The second-order valence-corrected chi connectivity index (χ2v) is 11.5. The van der Waals surface area contributed by atoms with Crippen molar-refractivity contribution >= 4 is 53.8 Å². The smallest absolute Gasteiger partial charge is 0.368 e. The number of hydrogen-bond acceptors (Lipinski definition) is 5. The lowest BCUT2D eigenvalue weighted by Gasteiger charge is -2.22. The summed E-state index contributed by atoms with van der Waals surface area (Å²) in [5, 5.41) is 7.59. The Bertz CT molecular complexity index is 1260. The SMILES string of the molecule is CC(=O)N[C@@H](Cc1ccc(C(F)(F)P(=O)(O)O)cc1)C(=O)N[C@@H](CCCNC(=O)c1cccc(I)c1)C(N)=O. The molecular formula is C24H28F2IN4O7P. The molecule has 2 rings (SSSR count). The highest BCUT2D eigenvalue weighted by molar-refractivity contribution is 14.1. The minimum absolute atomic E-state index is 0.0899. The third kappa shape index (κ3) is 9.64. The number of benzene rings is 2. The summed E-state index contributed by atoms with van der Waals surface area (Å²) >= 11 is 2.08. The van der Waals surface area contributed by atoms with E-state index >= 15 is 0 Å². The van der Waals surface area contributed by atoms with Crippen LogP contribution in [0.3, 0.4) is 0 Å². The molecule has 7 N–H and O–H groups in total. The van der Waals surface area contributed by atoms with E-state index in [9.17, 15) is 32.5 Å². The molecule has 15 heteroatoms. The van der Waals surface area contributed by atoms with Crippen LogP contribution in [0, 0.1) is 3.57 Å². The molecule has 0 fully saturated rings. The summed E-state index contributed by atoms with van der Waals surface area (Å²) in [5.74, 6) is -2.48. The van der Waals surface area contributed by atoms with Gasteiger partial charge in [0.1, 0.15) is 12.1 Å². The van der Waals surface area contributed by atoms with Crippen LogP contribution in [-0.4, -0.2) is 52.0 Å². The molecule has 2 aromatic carbocycles. The Morgan fingerprint density at radius 1 is 1.05 bits per heavy atom. The van der Waals surface area contributed by atoms with Gasteiger partial charge in [-0.05, 0) is 59.2 Å². The first-order chi connectivity index (χ1) is 18.1. The summed E-state index contributed by atoms with van der Waals surface area (Å²) in [7, 11) is -5.75. The van der Waals surface area contributed by atoms with E-state index in [1.165, 1.54) is 0 Å². The molecule has 0 aliphatic rings. The molecule has 0 unspecified atom stereocenters. The fraction of sp³-hybridized carbons (Fsp3) is 0.333. The van der Waals surface area contributed by atoms with Crippen molar-refractivity contribution in [2.75, 3.05) is 6.54 Å². The molecule has 39 heavy (non-hydrogen) atoms. The summed E-state index contributed by atoms with van der Waals surface area (Å²) in [4.78, 5) is 66.5. The Labute approximate surface area is 236 Å². The van der Waals surface area contributed by atoms with Crippen LogP contribution in [0.5, 0.6) is 0 Å². The van der Waals surface area contributed by atoms with E-state index in [2.05, 4.69) is 38.5 Å². The lowest BCUT2D eigenvalue weighted by Crippen LogP contribution is -2.53. The molecular weight excluding hydrogens is 652 g/mol. The first kappa shape index (κ1) is 32.3. The van der Waals surface area contributed by atoms with Gasteiger partial charge in [-0.1, -0.05) is 30.3 Å². The van der Waals surface area contributed by atoms with Crippen LogP contribution in [0.4, 0.5) is 8.78 Å². The Hall–Kier alpha value is -2.94. The largest absolute Gasteiger partial charge is 0.399 e. The molecule has 0 radical (unpaired) electrons. The number of carbonyl (C=O) groups is 4. The quantitative estimate of drug-likeness (QED) is 0.106. The number of nitrogens with one attached hydrogen (secondary N) is 3. The second-order valence-electron chi connectivity index (χ2n) is 8.61. The third-order valence-corrected chi connectivity index (χ3v) is 7.16. The molecule has 0 aliphatic carbocycles. The molecule has 0 aromatic heterocycles. The van der Waals surface area contributed by atoms with E-state index in [0.717, 1.165) is 34.8 Å². The molecule has 0 saturated carbocycles. The van der Waals surface area contributed by atoms with Crippen LogP contribution < -0.4 is 21.7 Å². The van der Waals surface area contributed by atoms with Crippen LogP contribution in [0.1, 0.15) is 41.3 Å². The third-order valence-electron chi connectivity index (χ3n) is 5.50. The van der Waals surface area contributed by atoms with Crippen molar-refractivity contribution in [1.29, 1.82) is 0 Å². The van der Waals surface area contributed by atoms with Gasteiger partial charge in [-0.3, -0.25) is 23.7 Å². The number of nitrogens with two attached hydrogens (primary N) is 1. The van der Waals surface area contributed by atoms with Crippen molar-refractivity contribution in [1.82, 2.24) is 16.0 Å². The van der Waals surface area contributed by atoms with Gasteiger partial charge in [-0.25, -0.2) is 0 Å². The van der Waals surface area contributed by atoms with E-state index in [4.69, 9.17) is 15.5 Å². The predicted octanol–water partition coefficient (Wildman–Crippen LogP) is 1.75. The normalized spacial score (nSPS) is 13.2. The molecule has 4 amide bonds. The fourth-order valence-corrected chi connectivity index (χ4v) is 4.53. The molecule has 0 bridgehead atoms. The summed E-state index contributed by atoms with van der Waals surface area (Å²) in [5.41, 5.74) is 0.873. The second kappa shape index (κ2) is 13.9. The van der Waals surface area contributed by atoms with Gasteiger partial charge in [-0.2, -0.15) is 8.78 Å². The molecule has 0 saturated heterocycles. The average molecular weight is 680 g/mol. The topological polar surface area (TPSA) is 188 Å². The van der Waals surface area contributed by atoms with E-state index in [1.807, 2.05) is 6.07 Å². The average Bonchev–Trinajstić information content (AvgIpc) is 2.84. The lowest BCUT2D eigenvalue weighted by molar-refractivity contribution is -0.130. The first-order valence-corrected chi connectivity index (χ1v) is 14.2. The predicted molar refractivity (Wildman–Crippen MR) is 146 cm³/mol. The van der Waals surface area contributed by atoms with Gasteiger partial charge in [0.05, 0.1) is 0 Å². The van der Waals surface area contributed by atoms with Crippen LogP contribution in [-0.2, 0) is 31.0 Å². The van der Waals surface area contributed by atoms with Crippen LogP contribution in [0.2, 0.25) is 0 Å². The van der Waals surface area contributed by atoms with Gasteiger partial charge < -0.3 is 31.5 Å². The highest BCUT2D eigenvalue weighted by atomic mass is 127. The fourth-order valence-electron chi connectivity index (χ4n) is 3.50. The van der Waals surface area contributed by atoms with Crippen LogP contribution >= 0.6 is 30.2 Å². The van der Waals surface area contributed by atoms with E-state index in [1.54, 1.807) is 18.2 Å². The lowest BCUT2D eigenvalue weighted by atomic mass is 10.0. The number of rotatable bonds is 13. The molecule has 11 nitrogen and oxygen atoms in total. The number of hydrogen-bond donors (Lipinski definition) is 6. The zero-order valence-electron chi connectivity index (χ0n) is 20.7. The number of alkyl halides is 2. The number of primary amides is 1. The molecule has 2 aromatic rings. The van der Waals surface area contributed by atoms with Gasteiger partial charge >= 0.3 is 13.3 Å². The summed E-state index contributed by atoms with van der Waals surface area (Å²) in [6.07, 6.45) is 0.209. The molecule has 0 heterocycles. The molecule has 0 aliphatic heterocycles.